The van der Waals surface area contributed by atoms with Gasteiger partial charge in [-0.1, -0.05) is 22.9 Å². The average molecular weight is 421 g/mol. The molecule has 1 heterocycles. The molecule has 0 aliphatic heterocycles. The van der Waals surface area contributed by atoms with Crippen LogP contribution >= 0.6 is 15.9 Å². The number of benzene rings is 1. The molecule has 0 atom stereocenters. The molecule has 1 N–H and O–H groups in total. The first-order valence-corrected chi connectivity index (χ1v) is 10.3. The maximum atomic E-state index is 5.19. The van der Waals surface area contributed by atoms with Crippen molar-refractivity contribution in [2.75, 3.05) is 32.6 Å². The van der Waals surface area contributed by atoms with Crippen molar-refractivity contribution >= 4 is 32.8 Å². The van der Waals surface area contributed by atoms with Crippen molar-refractivity contribution in [3.05, 3.63) is 28.4 Å². The number of hydrogen-bond acceptors (Lipinski definition) is 5. The number of aryl methyl sites for hydroxylation is 1. The molecule has 0 bridgehead atoms. The van der Waals surface area contributed by atoms with Gasteiger partial charge in [0.15, 0.2) is 0 Å². The molecule has 1 aromatic carbocycles. The topological polar surface area (TPSA) is 50.3 Å². The van der Waals surface area contributed by atoms with E-state index in [2.05, 4.69) is 57.2 Å². The molecule has 3 rings (SSSR count). The van der Waals surface area contributed by atoms with E-state index in [1.807, 2.05) is 6.20 Å². The monoisotopic (exact) mass is 420 g/mol. The van der Waals surface area contributed by atoms with Crippen molar-refractivity contribution < 1.29 is 4.74 Å². The molecule has 1 saturated carbocycles. The van der Waals surface area contributed by atoms with Gasteiger partial charge in [0.2, 0.25) is 5.95 Å². The minimum Gasteiger partial charge on any atom is -0.383 e. The number of fused-ring (bicyclic) bond motifs is 1. The molecule has 2 aromatic rings. The Labute approximate surface area is 164 Å². The maximum absolute atomic E-state index is 5.19. The number of halogens is 1. The van der Waals surface area contributed by atoms with Gasteiger partial charge in [-0.3, -0.25) is 0 Å². The summed E-state index contributed by atoms with van der Waals surface area (Å²) in [5.41, 5.74) is 2.31. The Morgan fingerprint density at radius 2 is 2.04 bits per heavy atom. The summed E-state index contributed by atoms with van der Waals surface area (Å²) in [6.45, 7) is 3.97. The fourth-order valence-corrected chi connectivity index (χ4v) is 4.30. The van der Waals surface area contributed by atoms with Crippen LogP contribution in [0.1, 0.15) is 38.2 Å². The number of aromatic nitrogens is 2. The van der Waals surface area contributed by atoms with Crippen LogP contribution in [0.5, 0.6) is 0 Å². The van der Waals surface area contributed by atoms with Crippen LogP contribution in [0.4, 0.5) is 5.95 Å². The number of likely N-dealkylation sites (N-methyl/N-ethyl adjacent to an activating group) is 1. The van der Waals surface area contributed by atoms with E-state index in [0.29, 0.717) is 12.1 Å². The van der Waals surface area contributed by atoms with Crippen LogP contribution in [0.25, 0.3) is 10.9 Å². The van der Waals surface area contributed by atoms with E-state index in [0.717, 1.165) is 53.7 Å². The van der Waals surface area contributed by atoms with Crippen molar-refractivity contribution in [1.29, 1.82) is 0 Å². The predicted octanol–water partition coefficient (Wildman–Crippen LogP) is 4.26. The lowest BCUT2D eigenvalue weighted by Crippen LogP contribution is -2.39. The first-order valence-electron chi connectivity index (χ1n) is 9.51. The smallest absolute Gasteiger partial charge is 0.223 e. The van der Waals surface area contributed by atoms with Gasteiger partial charge in [0.05, 0.1) is 12.1 Å². The van der Waals surface area contributed by atoms with Gasteiger partial charge in [-0.05, 0) is 56.8 Å². The van der Waals surface area contributed by atoms with Crippen LogP contribution < -0.4 is 5.32 Å². The zero-order valence-corrected chi connectivity index (χ0v) is 17.6. The number of anilines is 1. The Morgan fingerprint density at radius 3 is 2.73 bits per heavy atom. The molecule has 1 aromatic heterocycles. The van der Waals surface area contributed by atoms with Crippen molar-refractivity contribution in [1.82, 2.24) is 14.9 Å². The maximum Gasteiger partial charge on any atom is 0.223 e. The van der Waals surface area contributed by atoms with Gasteiger partial charge in [0.1, 0.15) is 0 Å². The van der Waals surface area contributed by atoms with Gasteiger partial charge < -0.3 is 15.0 Å². The van der Waals surface area contributed by atoms with Crippen LogP contribution in [0.15, 0.2) is 22.8 Å². The van der Waals surface area contributed by atoms with Gasteiger partial charge in [0.25, 0.3) is 0 Å². The van der Waals surface area contributed by atoms with Gasteiger partial charge in [-0.15, -0.1) is 0 Å². The summed E-state index contributed by atoms with van der Waals surface area (Å²) < 4.78 is 6.28. The average Bonchev–Trinajstić information content (AvgIpc) is 2.66. The lowest BCUT2D eigenvalue weighted by atomic mass is 9.90. The van der Waals surface area contributed by atoms with E-state index in [9.17, 15) is 0 Å². The summed E-state index contributed by atoms with van der Waals surface area (Å²) >= 11 is 3.57. The van der Waals surface area contributed by atoms with E-state index in [-0.39, 0.29) is 0 Å². The third kappa shape index (κ3) is 4.72. The number of ether oxygens (including phenoxy) is 1. The van der Waals surface area contributed by atoms with Crippen LogP contribution in [0, 0.1) is 0 Å². The molecule has 142 valence electrons. The lowest BCUT2D eigenvalue weighted by Gasteiger charge is -2.34. The predicted molar refractivity (Wildman–Crippen MR) is 111 cm³/mol. The van der Waals surface area contributed by atoms with Crippen LogP contribution in [-0.2, 0) is 11.2 Å². The fourth-order valence-electron chi connectivity index (χ4n) is 3.78. The van der Waals surface area contributed by atoms with Crippen LogP contribution in [0.3, 0.4) is 0 Å². The first kappa shape index (κ1) is 19.5. The summed E-state index contributed by atoms with van der Waals surface area (Å²) in [5, 5.41) is 4.65. The van der Waals surface area contributed by atoms with Gasteiger partial charge >= 0.3 is 0 Å². The minimum absolute atomic E-state index is 0.458. The lowest BCUT2D eigenvalue weighted by molar-refractivity contribution is 0.121. The second-order valence-corrected chi connectivity index (χ2v) is 8.09. The van der Waals surface area contributed by atoms with E-state index < -0.39 is 0 Å². The normalized spacial score (nSPS) is 20.7. The minimum atomic E-state index is 0.458. The molecule has 0 spiro atoms. The van der Waals surface area contributed by atoms with E-state index in [1.165, 1.54) is 18.4 Å². The van der Waals surface area contributed by atoms with Crippen molar-refractivity contribution in [2.45, 2.75) is 51.1 Å². The number of hydrogen-bond donors (Lipinski definition) is 1. The molecule has 0 saturated heterocycles. The number of rotatable bonds is 7. The van der Waals surface area contributed by atoms with Gasteiger partial charge in [0, 0.05) is 41.8 Å². The fraction of sp³-hybridized carbons (Fsp3) is 0.600. The molecule has 1 aliphatic rings. The first-order chi connectivity index (χ1) is 12.6. The number of nitrogens with one attached hydrogen (secondary N) is 1. The van der Waals surface area contributed by atoms with Crippen molar-refractivity contribution in [2.24, 2.45) is 0 Å². The van der Waals surface area contributed by atoms with E-state index >= 15 is 0 Å². The van der Waals surface area contributed by atoms with Crippen molar-refractivity contribution in [3.63, 3.8) is 0 Å². The Bertz CT molecular complexity index is 731. The standard InChI is InChI=1S/C20H29BrN4O/c1-4-14-11-16(21)12-15-13-22-20(24-19(14)15)23-17-5-7-18(8-6-17)25(2)9-10-26-3/h11-13,17-18H,4-10H2,1-3H3,(H,22,23,24)/t17-,18-. The highest BCUT2D eigenvalue weighted by Gasteiger charge is 2.24. The quantitative estimate of drug-likeness (QED) is 0.724. The number of methoxy groups -OCH3 is 1. The summed E-state index contributed by atoms with van der Waals surface area (Å²) in [5.74, 6) is 0.755. The molecule has 1 aliphatic carbocycles. The van der Waals surface area contributed by atoms with Crippen LogP contribution in [0.2, 0.25) is 0 Å². The Kier molecular flexibility index (Phi) is 6.84. The highest BCUT2D eigenvalue weighted by Crippen LogP contribution is 2.26. The zero-order valence-electron chi connectivity index (χ0n) is 16.0. The van der Waals surface area contributed by atoms with Crippen molar-refractivity contribution in [3.8, 4) is 0 Å². The SMILES string of the molecule is CCc1cc(Br)cc2cnc(N[C@H]3CC[C@H](N(C)CCOC)CC3)nc12. The Morgan fingerprint density at radius 1 is 1.27 bits per heavy atom. The highest BCUT2D eigenvalue weighted by molar-refractivity contribution is 9.10. The second-order valence-electron chi connectivity index (χ2n) is 7.17. The highest BCUT2D eigenvalue weighted by atomic mass is 79.9. The molecule has 26 heavy (non-hydrogen) atoms. The summed E-state index contributed by atoms with van der Waals surface area (Å²) in [4.78, 5) is 11.8. The molecule has 0 amide bonds. The van der Waals surface area contributed by atoms with E-state index in [4.69, 9.17) is 9.72 Å². The molecule has 6 heteroatoms. The molecule has 5 nitrogen and oxygen atoms in total. The molecule has 0 unspecified atom stereocenters. The summed E-state index contributed by atoms with van der Waals surface area (Å²) in [7, 11) is 3.97. The third-order valence-corrected chi connectivity index (χ3v) is 5.87. The third-order valence-electron chi connectivity index (χ3n) is 5.41. The number of nitrogens with zero attached hydrogens (tertiary/aromatic N) is 3. The Hall–Kier alpha value is -1.24. The molecular weight excluding hydrogens is 392 g/mol. The molecule has 0 radical (unpaired) electrons. The second kappa shape index (κ2) is 9.11. The van der Waals surface area contributed by atoms with E-state index in [1.54, 1.807) is 7.11 Å². The Balaban J connectivity index is 1.62. The van der Waals surface area contributed by atoms with Gasteiger partial charge in [-0.2, -0.15) is 0 Å². The summed E-state index contributed by atoms with van der Waals surface area (Å²) in [6.07, 6.45) is 7.62. The molecule has 1 fully saturated rings. The zero-order chi connectivity index (χ0) is 18.5. The summed E-state index contributed by atoms with van der Waals surface area (Å²) in [6, 6.07) is 5.35. The molecular formula is C20H29BrN4O. The van der Waals surface area contributed by atoms with Gasteiger partial charge in [-0.25, -0.2) is 9.97 Å². The van der Waals surface area contributed by atoms with Crippen LogP contribution in [-0.4, -0.2) is 54.3 Å². The largest absolute Gasteiger partial charge is 0.383 e.